The molecule has 0 N–H and O–H groups in total. The third-order valence-corrected chi connectivity index (χ3v) is 4.08. The average molecular weight is 328 g/mol. The van der Waals surface area contributed by atoms with Gasteiger partial charge in [0, 0.05) is 5.56 Å². The van der Waals surface area contributed by atoms with Gasteiger partial charge in [0.15, 0.2) is 5.78 Å². The fourth-order valence-corrected chi connectivity index (χ4v) is 2.66. The molecule has 0 aliphatic rings. The number of hydrogen-bond acceptors (Lipinski definition) is 2. The van der Waals surface area contributed by atoms with Gasteiger partial charge in [0.05, 0.1) is 7.11 Å². The van der Waals surface area contributed by atoms with Gasteiger partial charge < -0.3 is 4.74 Å². The molecule has 3 rings (SSSR count). The van der Waals surface area contributed by atoms with Crippen LogP contribution in [0.2, 0.25) is 0 Å². The van der Waals surface area contributed by atoms with E-state index in [1.165, 1.54) is 5.56 Å². The van der Waals surface area contributed by atoms with E-state index in [4.69, 9.17) is 4.74 Å². The van der Waals surface area contributed by atoms with E-state index in [1.807, 2.05) is 85.8 Å². The first-order valence-electron chi connectivity index (χ1n) is 8.20. The van der Waals surface area contributed by atoms with Gasteiger partial charge in [-0.25, -0.2) is 0 Å². The summed E-state index contributed by atoms with van der Waals surface area (Å²) in [6.45, 7) is 2.04. The van der Waals surface area contributed by atoms with E-state index in [1.54, 1.807) is 13.2 Å². The minimum atomic E-state index is -0.0259. The van der Waals surface area contributed by atoms with Gasteiger partial charge in [0.1, 0.15) is 5.75 Å². The Labute approximate surface area is 148 Å². The van der Waals surface area contributed by atoms with Crippen molar-refractivity contribution >= 4 is 11.9 Å². The van der Waals surface area contributed by atoms with E-state index in [0.717, 1.165) is 22.4 Å². The van der Waals surface area contributed by atoms with Crippen molar-refractivity contribution < 1.29 is 9.53 Å². The van der Waals surface area contributed by atoms with Gasteiger partial charge in [-0.2, -0.15) is 0 Å². The summed E-state index contributed by atoms with van der Waals surface area (Å²) in [5, 5.41) is 0. The minimum Gasteiger partial charge on any atom is -0.497 e. The number of carbonyl (C=O) groups excluding carboxylic acids is 1. The Morgan fingerprint density at radius 2 is 1.64 bits per heavy atom. The highest BCUT2D eigenvalue weighted by atomic mass is 16.5. The summed E-state index contributed by atoms with van der Waals surface area (Å²) in [7, 11) is 1.63. The molecule has 0 bridgehead atoms. The van der Waals surface area contributed by atoms with Crippen LogP contribution in [0.1, 0.15) is 21.5 Å². The first-order valence-corrected chi connectivity index (χ1v) is 8.20. The maximum absolute atomic E-state index is 12.8. The predicted molar refractivity (Wildman–Crippen MR) is 103 cm³/mol. The van der Waals surface area contributed by atoms with Gasteiger partial charge in [-0.05, 0) is 47.9 Å². The summed E-state index contributed by atoms with van der Waals surface area (Å²) >= 11 is 0. The van der Waals surface area contributed by atoms with Crippen LogP contribution in [0.25, 0.3) is 17.2 Å². The second-order valence-corrected chi connectivity index (χ2v) is 5.89. The molecule has 0 atom stereocenters. The molecule has 0 aliphatic carbocycles. The number of methoxy groups -OCH3 is 1. The molecule has 25 heavy (non-hydrogen) atoms. The van der Waals surface area contributed by atoms with Gasteiger partial charge in [0.2, 0.25) is 0 Å². The Morgan fingerprint density at radius 1 is 0.920 bits per heavy atom. The summed E-state index contributed by atoms with van der Waals surface area (Å²) in [6, 6.07) is 23.5. The molecule has 0 saturated heterocycles. The second-order valence-electron chi connectivity index (χ2n) is 5.89. The molecular weight excluding hydrogens is 308 g/mol. The summed E-state index contributed by atoms with van der Waals surface area (Å²) in [4.78, 5) is 12.8. The van der Waals surface area contributed by atoms with E-state index in [-0.39, 0.29) is 5.78 Å². The topological polar surface area (TPSA) is 26.3 Å². The Kier molecular flexibility index (Phi) is 5.10. The molecule has 0 spiro atoms. The molecule has 3 aromatic rings. The van der Waals surface area contributed by atoms with Gasteiger partial charge in [-0.3, -0.25) is 4.79 Å². The van der Waals surface area contributed by atoms with Crippen molar-refractivity contribution in [3.8, 4) is 16.9 Å². The molecule has 0 fully saturated rings. The third kappa shape index (κ3) is 4.04. The van der Waals surface area contributed by atoms with E-state index in [2.05, 4.69) is 0 Å². The van der Waals surface area contributed by atoms with Crippen molar-refractivity contribution in [1.29, 1.82) is 0 Å². The maximum Gasteiger partial charge on any atom is 0.186 e. The normalized spacial score (nSPS) is 10.8. The van der Waals surface area contributed by atoms with Crippen molar-refractivity contribution in [2.45, 2.75) is 6.92 Å². The van der Waals surface area contributed by atoms with E-state index >= 15 is 0 Å². The quantitative estimate of drug-likeness (QED) is 0.452. The lowest BCUT2D eigenvalue weighted by atomic mass is 9.96. The molecule has 2 nitrogen and oxygen atoms in total. The third-order valence-electron chi connectivity index (χ3n) is 4.08. The molecule has 0 saturated carbocycles. The molecule has 0 aromatic heterocycles. The standard InChI is InChI=1S/C23H20O2/c1-17-8-10-18(11-9-17)12-15-23(24)21-14-13-20(25-2)16-22(21)19-6-4-3-5-7-19/h3-16H,1-2H3/b15-12+. The van der Waals surface area contributed by atoms with Crippen LogP contribution in [0.4, 0.5) is 0 Å². The number of hydrogen-bond donors (Lipinski definition) is 0. The number of aryl methyl sites for hydroxylation is 1. The highest BCUT2D eigenvalue weighted by Gasteiger charge is 2.12. The molecular formula is C23H20O2. The maximum atomic E-state index is 12.8. The number of ether oxygens (including phenoxy) is 1. The molecule has 2 heteroatoms. The van der Waals surface area contributed by atoms with Crippen molar-refractivity contribution in [2.75, 3.05) is 7.11 Å². The lowest BCUT2D eigenvalue weighted by Crippen LogP contribution is -1.99. The van der Waals surface area contributed by atoms with Crippen molar-refractivity contribution in [3.63, 3.8) is 0 Å². The second kappa shape index (κ2) is 7.63. The van der Waals surface area contributed by atoms with Gasteiger partial charge in [-0.15, -0.1) is 0 Å². The van der Waals surface area contributed by atoms with Crippen LogP contribution in [0.3, 0.4) is 0 Å². The van der Waals surface area contributed by atoms with E-state index in [0.29, 0.717) is 5.56 Å². The highest BCUT2D eigenvalue weighted by Crippen LogP contribution is 2.28. The van der Waals surface area contributed by atoms with Crippen LogP contribution in [-0.4, -0.2) is 12.9 Å². The highest BCUT2D eigenvalue weighted by molar-refractivity contribution is 6.11. The number of allylic oxidation sites excluding steroid dienone is 1. The van der Waals surface area contributed by atoms with Crippen molar-refractivity contribution in [1.82, 2.24) is 0 Å². The Bertz CT molecular complexity index is 891. The lowest BCUT2D eigenvalue weighted by molar-refractivity contribution is 0.104. The van der Waals surface area contributed by atoms with Crippen LogP contribution >= 0.6 is 0 Å². The van der Waals surface area contributed by atoms with Crippen LogP contribution in [0.15, 0.2) is 78.9 Å². The number of benzene rings is 3. The summed E-state index contributed by atoms with van der Waals surface area (Å²) in [5.74, 6) is 0.708. The first-order chi connectivity index (χ1) is 12.2. The molecule has 124 valence electrons. The number of ketones is 1. The van der Waals surface area contributed by atoms with Crippen LogP contribution in [-0.2, 0) is 0 Å². The van der Waals surface area contributed by atoms with Crippen LogP contribution in [0, 0.1) is 6.92 Å². The molecule has 3 aromatic carbocycles. The zero-order valence-electron chi connectivity index (χ0n) is 14.4. The van der Waals surface area contributed by atoms with Gasteiger partial charge >= 0.3 is 0 Å². The average Bonchev–Trinajstić information content (AvgIpc) is 2.67. The predicted octanol–water partition coefficient (Wildman–Crippen LogP) is 5.57. The molecule has 0 heterocycles. The smallest absolute Gasteiger partial charge is 0.186 e. The summed E-state index contributed by atoms with van der Waals surface area (Å²) in [6.07, 6.45) is 3.47. The Hall–Kier alpha value is -3.13. The van der Waals surface area contributed by atoms with Crippen molar-refractivity contribution in [2.24, 2.45) is 0 Å². The van der Waals surface area contributed by atoms with Crippen LogP contribution < -0.4 is 4.74 Å². The zero-order chi connectivity index (χ0) is 17.6. The number of carbonyl (C=O) groups is 1. The molecule has 0 aliphatic heterocycles. The molecule has 0 radical (unpaired) electrons. The molecule has 0 unspecified atom stereocenters. The monoisotopic (exact) mass is 328 g/mol. The largest absolute Gasteiger partial charge is 0.497 e. The Morgan fingerprint density at radius 3 is 2.32 bits per heavy atom. The van der Waals surface area contributed by atoms with Crippen LogP contribution in [0.5, 0.6) is 5.75 Å². The molecule has 0 amide bonds. The van der Waals surface area contributed by atoms with Gasteiger partial charge in [0.25, 0.3) is 0 Å². The zero-order valence-corrected chi connectivity index (χ0v) is 14.4. The summed E-state index contributed by atoms with van der Waals surface area (Å²) < 4.78 is 5.32. The fraction of sp³-hybridized carbons (Fsp3) is 0.0870. The lowest BCUT2D eigenvalue weighted by Gasteiger charge is -2.10. The fourth-order valence-electron chi connectivity index (χ4n) is 2.66. The summed E-state index contributed by atoms with van der Waals surface area (Å²) in [5.41, 5.74) is 4.74. The van der Waals surface area contributed by atoms with E-state index in [9.17, 15) is 4.79 Å². The minimum absolute atomic E-state index is 0.0259. The SMILES string of the molecule is COc1ccc(C(=O)/C=C/c2ccc(C)cc2)c(-c2ccccc2)c1. The Balaban J connectivity index is 1.95. The first kappa shape index (κ1) is 16.7. The van der Waals surface area contributed by atoms with Gasteiger partial charge in [-0.1, -0.05) is 66.2 Å². The van der Waals surface area contributed by atoms with Crippen molar-refractivity contribution in [3.05, 3.63) is 95.6 Å². The van der Waals surface area contributed by atoms with E-state index < -0.39 is 0 Å². The number of rotatable bonds is 5.